The molecule has 3 heterocycles. The molecule has 2 aliphatic rings. The molecule has 1 saturated carbocycles. The van der Waals surface area contributed by atoms with Crippen LogP contribution in [0.5, 0.6) is 0 Å². The van der Waals surface area contributed by atoms with E-state index in [-0.39, 0.29) is 5.91 Å². The number of aromatic amines is 1. The van der Waals surface area contributed by atoms with Crippen molar-refractivity contribution in [3.05, 3.63) is 30.4 Å². The first-order valence-corrected chi connectivity index (χ1v) is 9.71. The second kappa shape index (κ2) is 8.14. The number of carbonyl (C=O) groups excluding carboxylic acids is 1. The van der Waals surface area contributed by atoms with Crippen LogP contribution in [0.1, 0.15) is 37.9 Å². The largest absolute Gasteiger partial charge is 0.379 e. The zero-order valence-corrected chi connectivity index (χ0v) is 15.5. The fraction of sp³-hybridized carbons (Fsp3) is 0.579. The molecule has 0 aromatic carbocycles. The van der Waals surface area contributed by atoms with Crippen LogP contribution in [-0.4, -0.2) is 62.8 Å². The second-order valence-electron chi connectivity index (χ2n) is 7.22. The highest BCUT2D eigenvalue weighted by Crippen LogP contribution is 2.34. The van der Waals surface area contributed by atoms with Crippen LogP contribution in [0.4, 0.5) is 0 Å². The number of nitrogens with one attached hydrogen (secondary N) is 2. The number of hydrogen-bond donors (Lipinski definition) is 2. The molecule has 144 valence electrons. The van der Waals surface area contributed by atoms with Gasteiger partial charge in [-0.2, -0.15) is 5.10 Å². The van der Waals surface area contributed by atoms with Crippen molar-refractivity contribution in [3.63, 3.8) is 0 Å². The van der Waals surface area contributed by atoms with Crippen molar-refractivity contribution in [2.75, 3.05) is 26.3 Å². The van der Waals surface area contributed by atoms with Gasteiger partial charge in [0.05, 0.1) is 19.8 Å². The van der Waals surface area contributed by atoms with Crippen LogP contribution in [0.15, 0.2) is 24.5 Å². The summed E-state index contributed by atoms with van der Waals surface area (Å²) >= 11 is 0. The molecular weight excluding hydrogens is 344 g/mol. The molecule has 0 radical (unpaired) electrons. The summed E-state index contributed by atoms with van der Waals surface area (Å²) in [5.74, 6) is 1.37. The van der Waals surface area contributed by atoms with E-state index in [1.165, 1.54) is 6.42 Å². The number of rotatable bonds is 5. The van der Waals surface area contributed by atoms with Gasteiger partial charge in [-0.05, 0) is 25.0 Å². The molecule has 1 amide bonds. The molecule has 2 fully saturated rings. The molecule has 27 heavy (non-hydrogen) atoms. The molecule has 0 bridgehead atoms. The number of hydrogen-bond acceptors (Lipinski definition) is 6. The lowest BCUT2D eigenvalue weighted by atomic mass is 9.79. The second-order valence-corrected chi connectivity index (χ2v) is 7.22. The van der Waals surface area contributed by atoms with E-state index in [1.54, 1.807) is 12.4 Å². The molecule has 8 nitrogen and oxygen atoms in total. The van der Waals surface area contributed by atoms with Gasteiger partial charge in [-0.25, -0.2) is 4.98 Å². The molecule has 1 aliphatic carbocycles. The first-order chi connectivity index (χ1) is 13.3. The molecule has 2 aromatic rings. The van der Waals surface area contributed by atoms with E-state index in [9.17, 15) is 4.79 Å². The Labute approximate surface area is 158 Å². The van der Waals surface area contributed by atoms with Crippen molar-refractivity contribution < 1.29 is 9.53 Å². The number of nitrogens with zero attached hydrogens (tertiary/aromatic N) is 4. The highest BCUT2D eigenvalue weighted by molar-refractivity contribution is 5.86. The summed E-state index contributed by atoms with van der Waals surface area (Å²) in [6, 6.07) is 3.72. The number of carbonyl (C=O) groups is 1. The third kappa shape index (κ3) is 3.86. The maximum absolute atomic E-state index is 13.2. The van der Waals surface area contributed by atoms with Crippen LogP contribution in [0.2, 0.25) is 0 Å². The Bertz CT molecular complexity index is 751. The zero-order chi connectivity index (χ0) is 18.5. The van der Waals surface area contributed by atoms with E-state index in [2.05, 4.69) is 30.4 Å². The molecule has 2 aromatic heterocycles. The molecular formula is C19H26N6O2. The highest BCUT2D eigenvalue weighted by atomic mass is 16.5. The van der Waals surface area contributed by atoms with E-state index < -0.39 is 5.54 Å². The lowest BCUT2D eigenvalue weighted by Crippen LogP contribution is -2.62. The zero-order valence-electron chi connectivity index (χ0n) is 15.5. The van der Waals surface area contributed by atoms with Crippen molar-refractivity contribution in [1.82, 2.24) is 30.4 Å². The van der Waals surface area contributed by atoms with Gasteiger partial charge in [-0.3, -0.25) is 19.8 Å². The third-order valence-electron chi connectivity index (χ3n) is 5.61. The van der Waals surface area contributed by atoms with Crippen molar-refractivity contribution in [3.8, 4) is 11.4 Å². The molecule has 1 saturated heterocycles. The van der Waals surface area contributed by atoms with Gasteiger partial charge in [0.1, 0.15) is 11.4 Å². The predicted octanol–water partition coefficient (Wildman–Crippen LogP) is 1.52. The number of pyridine rings is 1. The fourth-order valence-electron chi connectivity index (χ4n) is 4.15. The molecule has 0 unspecified atom stereocenters. The van der Waals surface area contributed by atoms with Gasteiger partial charge in [0.15, 0.2) is 5.82 Å². The lowest BCUT2D eigenvalue weighted by molar-refractivity contribution is -0.140. The maximum atomic E-state index is 13.2. The Morgan fingerprint density at radius 2 is 1.93 bits per heavy atom. The van der Waals surface area contributed by atoms with Crippen LogP contribution >= 0.6 is 0 Å². The standard InChI is InChI=1S/C19H26N6O2/c26-18(19(6-2-1-3-7-19)25-10-12-27-13-11-25)21-14-16-22-17(24-23-16)15-4-8-20-9-5-15/h4-5,8-9H,1-3,6-7,10-14H2,(H,21,26)(H,22,23,24). The molecule has 2 N–H and O–H groups in total. The highest BCUT2D eigenvalue weighted by Gasteiger charge is 2.44. The van der Waals surface area contributed by atoms with Gasteiger partial charge >= 0.3 is 0 Å². The first kappa shape index (κ1) is 18.1. The third-order valence-corrected chi connectivity index (χ3v) is 5.61. The molecule has 1 aliphatic heterocycles. The fourth-order valence-corrected chi connectivity index (χ4v) is 4.15. The number of H-pyrrole nitrogens is 1. The van der Waals surface area contributed by atoms with Crippen LogP contribution in [0.25, 0.3) is 11.4 Å². The summed E-state index contributed by atoms with van der Waals surface area (Å²) in [4.78, 5) is 24.0. The van der Waals surface area contributed by atoms with Crippen molar-refractivity contribution in [1.29, 1.82) is 0 Å². The van der Waals surface area contributed by atoms with Gasteiger partial charge in [-0.15, -0.1) is 0 Å². The summed E-state index contributed by atoms with van der Waals surface area (Å²) in [6.07, 6.45) is 8.65. The number of aromatic nitrogens is 4. The Kier molecular flexibility index (Phi) is 5.45. The quantitative estimate of drug-likeness (QED) is 0.828. The minimum absolute atomic E-state index is 0.103. The SMILES string of the molecule is O=C(NCc1nc(-c2ccncc2)n[nH]1)C1(N2CCOCC2)CCCCC1. The van der Waals surface area contributed by atoms with Gasteiger partial charge in [0.25, 0.3) is 0 Å². The average Bonchev–Trinajstić information content (AvgIpc) is 3.23. The summed E-state index contributed by atoms with van der Waals surface area (Å²) in [7, 11) is 0. The van der Waals surface area contributed by atoms with Crippen molar-refractivity contribution in [2.24, 2.45) is 0 Å². The van der Waals surface area contributed by atoms with Crippen LogP contribution in [-0.2, 0) is 16.1 Å². The lowest BCUT2D eigenvalue weighted by Gasteiger charge is -2.46. The Hall–Kier alpha value is -2.32. The Morgan fingerprint density at radius 1 is 1.19 bits per heavy atom. The smallest absolute Gasteiger partial charge is 0.240 e. The van der Waals surface area contributed by atoms with Gasteiger partial charge in [-0.1, -0.05) is 19.3 Å². The number of ether oxygens (including phenoxy) is 1. The molecule has 0 atom stereocenters. The van der Waals surface area contributed by atoms with Crippen molar-refractivity contribution >= 4 is 5.91 Å². The van der Waals surface area contributed by atoms with Gasteiger partial charge in [0, 0.05) is 31.0 Å². The van der Waals surface area contributed by atoms with E-state index in [0.29, 0.717) is 31.4 Å². The summed E-state index contributed by atoms with van der Waals surface area (Å²) in [6.45, 7) is 3.39. The number of amides is 1. The molecule has 4 rings (SSSR count). The normalized spacial score (nSPS) is 20.3. The van der Waals surface area contributed by atoms with Gasteiger partial charge < -0.3 is 10.1 Å². The van der Waals surface area contributed by atoms with Crippen LogP contribution in [0, 0.1) is 0 Å². The van der Waals surface area contributed by atoms with E-state index in [1.807, 2.05) is 12.1 Å². The van der Waals surface area contributed by atoms with E-state index in [4.69, 9.17) is 4.74 Å². The molecule has 8 heteroatoms. The monoisotopic (exact) mass is 370 g/mol. The Morgan fingerprint density at radius 3 is 2.67 bits per heavy atom. The van der Waals surface area contributed by atoms with E-state index >= 15 is 0 Å². The minimum Gasteiger partial charge on any atom is -0.379 e. The summed E-state index contributed by atoms with van der Waals surface area (Å²) in [5.41, 5.74) is 0.492. The predicted molar refractivity (Wildman–Crippen MR) is 99.7 cm³/mol. The topological polar surface area (TPSA) is 96.0 Å². The minimum atomic E-state index is -0.407. The Balaban J connectivity index is 1.43. The van der Waals surface area contributed by atoms with Crippen LogP contribution < -0.4 is 5.32 Å². The summed E-state index contributed by atoms with van der Waals surface area (Å²) < 4.78 is 5.49. The average molecular weight is 370 g/mol. The number of morpholine rings is 1. The maximum Gasteiger partial charge on any atom is 0.240 e. The van der Waals surface area contributed by atoms with Crippen LogP contribution in [0.3, 0.4) is 0 Å². The van der Waals surface area contributed by atoms with Gasteiger partial charge in [0.2, 0.25) is 5.91 Å². The molecule has 0 spiro atoms. The first-order valence-electron chi connectivity index (χ1n) is 9.71. The van der Waals surface area contributed by atoms with E-state index in [0.717, 1.165) is 44.3 Å². The van der Waals surface area contributed by atoms with Crippen molar-refractivity contribution in [2.45, 2.75) is 44.2 Å². The summed E-state index contributed by atoms with van der Waals surface area (Å²) in [5, 5.41) is 10.3.